The molecule has 3 aromatic carbocycles. The average Bonchev–Trinajstić information content (AvgIpc) is 2.62. The molecule has 0 spiro atoms. The van der Waals surface area contributed by atoms with Gasteiger partial charge < -0.3 is 0 Å². The smallest absolute Gasteiger partial charge is 0.193 e. The van der Waals surface area contributed by atoms with Gasteiger partial charge >= 0.3 is 0 Å². The molecule has 3 nitrogen and oxygen atoms in total. The van der Waals surface area contributed by atoms with E-state index in [-0.39, 0.29) is 41.1 Å². The standard InChI is InChI=1S/C21H16N3.B.Y/c1-15-7-8-19(12-20(15)21-13-22-14-23-24(21)2)18-10-9-16-5-3-4-6-17(16)11-18;;/h3-10,13-14H,1-2H3;;/q-1;;. The Morgan fingerprint density at radius 1 is 0.923 bits per heavy atom. The Bertz CT molecular complexity index is 1050. The van der Waals surface area contributed by atoms with Crippen LogP contribution in [0.3, 0.4) is 0 Å². The molecule has 0 amide bonds. The average molecular weight is 410 g/mol. The number of hydrogen-bond donors (Lipinski definition) is 0. The van der Waals surface area contributed by atoms with E-state index in [0.29, 0.717) is 0 Å². The molecule has 0 aliphatic heterocycles. The van der Waals surface area contributed by atoms with Crippen LogP contribution in [0.5, 0.6) is 0 Å². The number of nitrogens with zero attached hydrogens (tertiary/aromatic N) is 3. The molecule has 0 saturated carbocycles. The summed E-state index contributed by atoms with van der Waals surface area (Å²) in [6, 6.07) is 23.7. The van der Waals surface area contributed by atoms with Crippen molar-refractivity contribution in [2.24, 2.45) is 7.05 Å². The van der Waals surface area contributed by atoms with Crippen molar-refractivity contribution in [2.75, 3.05) is 0 Å². The summed E-state index contributed by atoms with van der Waals surface area (Å²) in [5.41, 5.74) is 5.15. The predicted octanol–water partition coefficient (Wildman–Crippen LogP) is 3.31. The van der Waals surface area contributed by atoms with Crippen molar-refractivity contribution in [3.05, 3.63) is 78.8 Å². The van der Waals surface area contributed by atoms with E-state index in [9.17, 15) is 0 Å². The Hall–Kier alpha value is -1.90. The first-order valence-corrected chi connectivity index (χ1v) is 7.83. The summed E-state index contributed by atoms with van der Waals surface area (Å²) in [6.45, 7) is 2.08. The third-order valence-electron chi connectivity index (χ3n) is 4.20. The monoisotopic (exact) mass is 410 g/mol. The van der Waals surface area contributed by atoms with Gasteiger partial charge in [0.05, 0.1) is 6.20 Å². The molecule has 0 N–H and O–H groups in total. The number of hydrogen-bond acceptors (Lipinski definition) is 2. The first-order chi connectivity index (χ1) is 11.7. The summed E-state index contributed by atoms with van der Waals surface area (Å²) < 4.78 is 1.82. The molecular weight excluding hydrogens is 394 g/mol. The van der Waals surface area contributed by atoms with Crippen LogP contribution >= 0.6 is 0 Å². The number of aryl methyl sites for hydroxylation is 2. The fourth-order valence-corrected chi connectivity index (χ4v) is 2.85. The van der Waals surface area contributed by atoms with Crippen molar-refractivity contribution in [1.29, 1.82) is 0 Å². The van der Waals surface area contributed by atoms with Gasteiger partial charge in [0.15, 0.2) is 19.1 Å². The topological polar surface area (TPSA) is 29.7 Å². The van der Waals surface area contributed by atoms with Gasteiger partial charge in [-0.3, -0.25) is 0 Å². The Morgan fingerprint density at radius 3 is 2.46 bits per heavy atom. The minimum absolute atomic E-state index is 0. The van der Waals surface area contributed by atoms with Gasteiger partial charge in [0, 0.05) is 46.2 Å². The summed E-state index contributed by atoms with van der Waals surface area (Å²) in [5.74, 6) is 0. The molecular formula is C21H16BN3Y-. The third kappa shape index (κ3) is 3.92. The van der Waals surface area contributed by atoms with Gasteiger partial charge in [-0.05, 0) is 0 Å². The molecule has 4 aromatic rings. The molecule has 0 saturated heterocycles. The number of aromatic nitrogens is 3. The molecule has 0 unspecified atom stereocenters. The van der Waals surface area contributed by atoms with Gasteiger partial charge in [-0.25, -0.2) is 4.98 Å². The third-order valence-corrected chi connectivity index (χ3v) is 4.20. The Kier molecular flexibility index (Phi) is 6.80. The van der Waals surface area contributed by atoms with Crippen molar-refractivity contribution < 1.29 is 37.4 Å². The fourth-order valence-electron chi connectivity index (χ4n) is 2.85. The van der Waals surface area contributed by atoms with E-state index in [1.54, 1.807) is 6.33 Å². The molecule has 5 heteroatoms. The van der Waals surface area contributed by atoms with E-state index in [1.807, 2.05) is 30.1 Å². The largest absolute Gasteiger partial charge is 0.240 e. The van der Waals surface area contributed by atoms with Crippen LogP contribution in [0.2, 0.25) is 0 Å². The van der Waals surface area contributed by atoms with E-state index in [1.165, 1.54) is 5.39 Å². The Labute approximate surface area is 181 Å². The molecule has 4 radical (unpaired) electrons. The van der Waals surface area contributed by atoms with Gasteiger partial charge in [0.25, 0.3) is 0 Å². The summed E-state index contributed by atoms with van der Waals surface area (Å²) >= 11 is 0. The van der Waals surface area contributed by atoms with Crippen molar-refractivity contribution in [2.45, 2.75) is 6.92 Å². The molecule has 0 aliphatic rings. The molecule has 1 heterocycles. The van der Waals surface area contributed by atoms with Gasteiger partial charge in [0.1, 0.15) is 0 Å². The molecule has 122 valence electrons. The minimum Gasteiger partial charge on any atom is -0.240 e. The van der Waals surface area contributed by atoms with E-state index in [0.717, 1.165) is 33.3 Å². The van der Waals surface area contributed by atoms with Crippen LogP contribution in [-0.4, -0.2) is 18.5 Å². The van der Waals surface area contributed by atoms with Crippen LogP contribution in [0.15, 0.2) is 61.1 Å². The maximum Gasteiger partial charge on any atom is 0.193 e. The molecule has 0 bridgehead atoms. The van der Waals surface area contributed by atoms with E-state index >= 15 is 0 Å². The molecule has 4 rings (SSSR count). The Balaban J connectivity index is 0.00000121. The van der Waals surface area contributed by atoms with Crippen molar-refractivity contribution >= 4 is 19.2 Å². The number of fused-ring (bicyclic) bond motifs is 1. The van der Waals surface area contributed by atoms with Crippen LogP contribution in [-0.2, 0) is 39.8 Å². The molecule has 0 atom stereocenters. The van der Waals surface area contributed by atoms with Crippen LogP contribution < -0.4 is 4.68 Å². The summed E-state index contributed by atoms with van der Waals surface area (Å²) in [7, 11) is 1.92. The van der Waals surface area contributed by atoms with Crippen molar-refractivity contribution in [3.63, 3.8) is 0 Å². The van der Waals surface area contributed by atoms with E-state index in [2.05, 4.69) is 65.5 Å². The molecule has 0 fully saturated rings. The van der Waals surface area contributed by atoms with Crippen LogP contribution in [0.1, 0.15) is 5.56 Å². The zero-order chi connectivity index (χ0) is 16.5. The molecule has 0 aliphatic carbocycles. The van der Waals surface area contributed by atoms with Crippen molar-refractivity contribution in [1.82, 2.24) is 10.1 Å². The van der Waals surface area contributed by atoms with Crippen LogP contribution in [0, 0.1) is 19.1 Å². The maximum absolute atomic E-state index is 4.22. The Morgan fingerprint density at radius 2 is 1.65 bits per heavy atom. The molecule has 26 heavy (non-hydrogen) atoms. The normalized spacial score (nSPS) is 10.1. The first kappa shape index (κ1) is 20.4. The quantitative estimate of drug-likeness (QED) is 0.289. The summed E-state index contributed by atoms with van der Waals surface area (Å²) in [6.07, 6.45) is 3.36. The van der Waals surface area contributed by atoms with Crippen molar-refractivity contribution in [3.8, 4) is 22.4 Å². The fraction of sp³-hybridized carbons (Fsp3) is 0.0952. The minimum atomic E-state index is 0. The van der Waals surface area contributed by atoms with E-state index < -0.39 is 0 Å². The zero-order valence-electron chi connectivity index (χ0n) is 14.8. The summed E-state index contributed by atoms with van der Waals surface area (Å²) in [5, 5.41) is 6.52. The first-order valence-electron chi connectivity index (χ1n) is 7.83. The molecule has 1 aromatic heterocycles. The predicted molar refractivity (Wildman–Crippen MR) is 99.7 cm³/mol. The zero-order valence-corrected chi connectivity index (χ0v) is 17.6. The maximum atomic E-state index is 4.22. The van der Waals surface area contributed by atoms with E-state index in [4.69, 9.17) is 0 Å². The van der Waals surface area contributed by atoms with Gasteiger partial charge in [0.2, 0.25) is 0 Å². The number of rotatable bonds is 2. The van der Waals surface area contributed by atoms with Crippen LogP contribution in [0.25, 0.3) is 33.2 Å². The second-order valence-corrected chi connectivity index (χ2v) is 5.81. The van der Waals surface area contributed by atoms with Gasteiger partial charge in [-0.1, -0.05) is 36.1 Å². The van der Waals surface area contributed by atoms with Gasteiger partial charge in [-0.15, -0.1) is 33.8 Å². The van der Waals surface area contributed by atoms with Crippen LogP contribution in [0.4, 0.5) is 0 Å². The van der Waals surface area contributed by atoms with Gasteiger partial charge in [-0.2, -0.15) is 35.4 Å². The summed E-state index contributed by atoms with van der Waals surface area (Å²) in [4.78, 5) is 4.15. The number of benzene rings is 3. The second kappa shape index (κ2) is 8.66. The second-order valence-electron chi connectivity index (χ2n) is 5.81. The SMILES string of the molecule is Cc1ccc(-c2[c-]c3ccccc3cc2)[c-]c1-c1cncn[n+]1C.[B].[Y].